The van der Waals surface area contributed by atoms with Crippen LogP contribution in [0, 0.1) is 0 Å². The van der Waals surface area contributed by atoms with Crippen LogP contribution in [-0.2, 0) is 11.0 Å². The lowest BCUT2D eigenvalue weighted by Gasteiger charge is -2.18. The molecule has 1 aromatic heterocycles. The van der Waals surface area contributed by atoms with Crippen LogP contribution < -0.4 is 14.4 Å². The maximum absolute atomic E-state index is 12.7. The molecular formula is C21H18F3N3O4. The summed E-state index contributed by atoms with van der Waals surface area (Å²) < 4.78 is 54.0. The van der Waals surface area contributed by atoms with E-state index in [1.54, 1.807) is 23.1 Å². The van der Waals surface area contributed by atoms with Gasteiger partial charge in [-0.3, -0.25) is 4.79 Å². The molecule has 1 aliphatic heterocycles. The van der Waals surface area contributed by atoms with E-state index in [1.807, 2.05) is 0 Å². The Morgan fingerprint density at radius 3 is 2.42 bits per heavy atom. The summed E-state index contributed by atoms with van der Waals surface area (Å²) in [5, 5.41) is 3.86. The molecule has 0 unspecified atom stereocenters. The first-order chi connectivity index (χ1) is 14.8. The van der Waals surface area contributed by atoms with Crippen molar-refractivity contribution in [3.05, 3.63) is 53.9 Å². The molecule has 3 aromatic rings. The Kier molecular flexibility index (Phi) is 5.30. The molecule has 0 aliphatic carbocycles. The lowest BCUT2D eigenvalue weighted by atomic mass is 10.1. The fraction of sp³-hybridized carbons (Fsp3) is 0.286. The average Bonchev–Trinajstić information content (AvgIpc) is 3.39. The molecule has 7 nitrogen and oxygen atoms in total. The maximum Gasteiger partial charge on any atom is 0.416 e. The highest BCUT2D eigenvalue weighted by molar-refractivity contribution is 5.96. The number of hydrogen-bond donors (Lipinski definition) is 0. The Morgan fingerprint density at radius 1 is 1.06 bits per heavy atom. The van der Waals surface area contributed by atoms with Gasteiger partial charge in [-0.25, -0.2) is 0 Å². The molecule has 2 aromatic carbocycles. The standard InChI is InChI=1S/C21H18F3N3O4/c1-29-16-8-7-15(10-17(16)30-2)27-11-13(9-18(27)28)20-25-19(26-31-20)12-3-5-14(6-4-12)21(22,23)24/h3-8,10,13H,9,11H2,1-2H3/t13-/m0/s1. The number of alkyl halides is 3. The van der Waals surface area contributed by atoms with Crippen LogP contribution in [0.1, 0.15) is 23.8 Å². The molecule has 10 heteroatoms. The van der Waals surface area contributed by atoms with E-state index in [-0.39, 0.29) is 30.0 Å². The number of nitrogens with zero attached hydrogens (tertiary/aromatic N) is 3. The number of amides is 1. The van der Waals surface area contributed by atoms with Crippen molar-refractivity contribution in [1.82, 2.24) is 10.1 Å². The third kappa shape index (κ3) is 4.05. The van der Waals surface area contributed by atoms with Gasteiger partial charge in [-0.1, -0.05) is 17.3 Å². The van der Waals surface area contributed by atoms with Crippen molar-refractivity contribution >= 4 is 11.6 Å². The number of methoxy groups -OCH3 is 2. The summed E-state index contributed by atoms with van der Waals surface area (Å²) in [4.78, 5) is 18.5. The summed E-state index contributed by atoms with van der Waals surface area (Å²) in [6.45, 7) is 0.322. The fourth-order valence-electron chi connectivity index (χ4n) is 3.44. The van der Waals surface area contributed by atoms with Gasteiger partial charge in [-0.15, -0.1) is 0 Å². The number of anilines is 1. The van der Waals surface area contributed by atoms with Crippen molar-refractivity contribution in [2.45, 2.75) is 18.5 Å². The molecule has 4 rings (SSSR count). The first-order valence-corrected chi connectivity index (χ1v) is 9.33. The van der Waals surface area contributed by atoms with Gasteiger partial charge in [0.1, 0.15) is 0 Å². The molecule has 0 radical (unpaired) electrons. The molecule has 1 amide bonds. The number of carbonyl (C=O) groups excluding carboxylic acids is 1. The predicted molar refractivity (Wildman–Crippen MR) is 104 cm³/mol. The zero-order valence-electron chi connectivity index (χ0n) is 16.6. The van der Waals surface area contributed by atoms with E-state index in [9.17, 15) is 18.0 Å². The number of carbonyl (C=O) groups is 1. The van der Waals surface area contributed by atoms with Gasteiger partial charge in [-0.2, -0.15) is 18.2 Å². The van der Waals surface area contributed by atoms with E-state index < -0.39 is 11.7 Å². The molecule has 0 saturated carbocycles. The number of benzene rings is 2. The number of hydrogen-bond acceptors (Lipinski definition) is 6. The Balaban J connectivity index is 1.52. The van der Waals surface area contributed by atoms with Gasteiger partial charge in [0.25, 0.3) is 0 Å². The second kappa shape index (κ2) is 7.93. The molecule has 1 saturated heterocycles. The minimum Gasteiger partial charge on any atom is -0.493 e. The maximum atomic E-state index is 12.7. The van der Waals surface area contributed by atoms with Crippen molar-refractivity contribution < 1.29 is 32.0 Å². The third-order valence-electron chi connectivity index (χ3n) is 5.07. The van der Waals surface area contributed by atoms with Crippen molar-refractivity contribution in [3.8, 4) is 22.9 Å². The summed E-state index contributed by atoms with van der Waals surface area (Å²) in [7, 11) is 3.04. The Labute approximate surface area is 175 Å². The second-order valence-corrected chi connectivity index (χ2v) is 6.98. The summed E-state index contributed by atoms with van der Waals surface area (Å²) in [6, 6.07) is 9.67. The van der Waals surface area contributed by atoms with Gasteiger partial charge in [0.2, 0.25) is 17.6 Å². The first-order valence-electron chi connectivity index (χ1n) is 9.33. The van der Waals surface area contributed by atoms with Crippen molar-refractivity contribution in [1.29, 1.82) is 0 Å². The van der Waals surface area contributed by atoms with E-state index in [0.29, 0.717) is 29.3 Å². The van der Waals surface area contributed by atoms with Gasteiger partial charge in [0.05, 0.1) is 25.7 Å². The van der Waals surface area contributed by atoms with Crippen LogP contribution in [0.15, 0.2) is 47.0 Å². The minimum atomic E-state index is -4.42. The van der Waals surface area contributed by atoms with Crippen LogP contribution in [0.3, 0.4) is 0 Å². The van der Waals surface area contributed by atoms with Crippen molar-refractivity contribution in [2.75, 3.05) is 25.7 Å². The Morgan fingerprint density at radius 2 is 1.77 bits per heavy atom. The van der Waals surface area contributed by atoms with Crippen LogP contribution in [0.25, 0.3) is 11.4 Å². The molecule has 1 aliphatic rings. The van der Waals surface area contributed by atoms with E-state index in [2.05, 4.69) is 10.1 Å². The predicted octanol–water partition coefficient (Wildman–Crippen LogP) is 4.29. The quantitative estimate of drug-likeness (QED) is 0.597. The summed E-state index contributed by atoms with van der Waals surface area (Å²) in [5.41, 5.74) is 0.281. The van der Waals surface area contributed by atoms with Crippen LogP contribution in [-0.4, -0.2) is 36.8 Å². The third-order valence-corrected chi connectivity index (χ3v) is 5.07. The minimum absolute atomic E-state index is 0.119. The highest BCUT2D eigenvalue weighted by atomic mass is 19.4. The van der Waals surface area contributed by atoms with Gasteiger partial charge in [-0.05, 0) is 24.3 Å². The fourth-order valence-corrected chi connectivity index (χ4v) is 3.44. The van der Waals surface area contributed by atoms with Crippen LogP contribution in [0.2, 0.25) is 0 Å². The smallest absolute Gasteiger partial charge is 0.416 e. The SMILES string of the molecule is COc1ccc(N2C[C@@H](c3nc(-c4ccc(C(F)(F)F)cc4)no3)CC2=O)cc1OC. The first kappa shape index (κ1) is 20.7. The number of ether oxygens (including phenoxy) is 2. The number of halogens is 3. The van der Waals surface area contributed by atoms with E-state index in [4.69, 9.17) is 14.0 Å². The average molecular weight is 433 g/mol. The van der Waals surface area contributed by atoms with Crippen LogP contribution in [0.4, 0.5) is 18.9 Å². The van der Waals surface area contributed by atoms with Crippen LogP contribution >= 0.6 is 0 Å². The lowest BCUT2D eigenvalue weighted by molar-refractivity contribution is -0.137. The van der Waals surface area contributed by atoms with E-state index in [1.165, 1.54) is 26.4 Å². The van der Waals surface area contributed by atoms with Crippen molar-refractivity contribution in [3.63, 3.8) is 0 Å². The summed E-state index contributed by atoms with van der Waals surface area (Å²) in [5.74, 6) is 1.01. The Bertz CT molecular complexity index is 1100. The summed E-state index contributed by atoms with van der Waals surface area (Å²) in [6.07, 6.45) is -4.25. The lowest BCUT2D eigenvalue weighted by Crippen LogP contribution is -2.24. The van der Waals surface area contributed by atoms with Gasteiger partial charge in [0, 0.05) is 30.3 Å². The molecule has 0 spiro atoms. The highest BCUT2D eigenvalue weighted by Crippen LogP contribution is 2.37. The van der Waals surface area contributed by atoms with Crippen LogP contribution in [0.5, 0.6) is 11.5 Å². The highest BCUT2D eigenvalue weighted by Gasteiger charge is 2.36. The molecule has 1 atom stereocenters. The molecule has 31 heavy (non-hydrogen) atoms. The van der Waals surface area contributed by atoms with E-state index in [0.717, 1.165) is 12.1 Å². The molecular weight excluding hydrogens is 415 g/mol. The molecule has 1 fully saturated rings. The molecule has 0 bridgehead atoms. The van der Waals surface area contributed by atoms with Gasteiger partial charge in [0.15, 0.2) is 11.5 Å². The van der Waals surface area contributed by atoms with Gasteiger partial charge >= 0.3 is 6.18 Å². The van der Waals surface area contributed by atoms with Gasteiger partial charge < -0.3 is 18.9 Å². The largest absolute Gasteiger partial charge is 0.493 e. The Hall–Kier alpha value is -3.56. The second-order valence-electron chi connectivity index (χ2n) is 6.98. The monoisotopic (exact) mass is 433 g/mol. The molecule has 162 valence electrons. The number of aromatic nitrogens is 2. The molecule has 0 N–H and O–H groups in total. The van der Waals surface area contributed by atoms with E-state index >= 15 is 0 Å². The molecule has 2 heterocycles. The van der Waals surface area contributed by atoms with Crippen molar-refractivity contribution in [2.24, 2.45) is 0 Å². The topological polar surface area (TPSA) is 77.7 Å². The number of rotatable bonds is 5. The zero-order valence-corrected chi connectivity index (χ0v) is 16.6. The normalized spacial score (nSPS) is 16.6. The summed E-state index contributed by atoms with van der Waals surface area (Å²) >= 11 is 0. The zero-order chi connectivity index (χ0) is 22.2.